The van der Waals surface area contributed by atoms with Gasteiger partial charge < -0.3 is 9.64 Å². The Kier molecular flexibility index (Phi) is 5.86. The molecule has 1 saturated heterocycles. The highest BCUT2D eigenvalue weighted by Crippen LogP contribution is 2.38. The number of nitrogens with zero attached hydrogens (tertiary/aromatic N) is 2. The van der Waals surface area contributed by atoms with Crippen LogP contribution in [-0.4, -0.2) is 46.3 Å². The lowest BCUT2D eigenvalue weighted by Crippen LogP contribution is -2.51. The van der Waals surface area contributed by atoms with Crippen LogP contribution in [0.1, 0.15) is 76.8 Å². The van der Waals surface area contributed by atoms with E-state index >= 15 is 0 Å². The van der Waals surface area contributed by atoms with E-state index in [1.54, 1.807) is 0 Å². The van der Waals surface area contributed by atoms with Gasteiger partial charge in [-0.05, 0) is 69.3 Å². The van der Waals surface area contributed by atoms with Gasteiger partial charge in [-0.25, -0.2) is 0 Å². The van der Waals surface area contributed by atoms with Gasteiger partial charge >= 0.3 is 0 Å². The van der Waals surface area contributed by atoms with Gasteiger partial charge in [-0.2, -0.15) is 5.10 Å². The van der Waals surface area contributed by atoms with Crippen molar-refractivity contribution in [3.8, 4) is 0 Å². The molecule has 1 aromatic rings. The molecule has 1 N–H and O–H groups in total. The number of ether oxygens (including phenoxy) is 1. The molecule has 1 amide bonds. The van der Waals surface area contributed by atoms with E-state index < -0.39 is 0 Å². The maximum absolute atomic E-state index is 12.9. The van der Waals surface area contributed by atoms with Crippen LogP contribution in [0.5, 0.6) is 0 Å². The quantitative estimate of drug-likeness (QED) is 0.816. The Morgan fingerprint density at radius 3 is 2.63 bits per heavy atom. The Morgan fingerprint density at radius 2 is 2.00 bits per heavy atom. The first-order valence-electron chi connectivity index (χ1n) is 11.0. The lowest BCUT2D eigenvalue weighted by molar-refractivity contribution is -0.140. The molecule has 2 heterocycles. The molecule has 0 spiro atoms. The number of piperidine rings is 1. The Balaban J connectivity index is 1.41. The molecule has 5 nitrogen and oxygen atoms in total. The molecular formula is C22H35N3O2. The summed E-state index contributed by atoms with van der Waals surface area (Å²) in [6, 6.07) is 2.20. The van der Waals surface area contributed by atoms with Gasteiger partial charge in [0, 0.05) is 24.6 Å². The van der Waals surface area contributed by atoms with Crippen molar-refractivity contribution in [1.29, 1.82) is 0 Å². The maximum atomic E-state index is 12.9. The van der Waals surface area contributed by atoms with Crippen LogP contribution >= 0.6 is 0 Å². The summed E-state index contributed by atoms with van der Waals surface area (Å²) >= 11 is 0. The van der Waals surface area contributed by atoms with Crippen molar-refractivity contribution in [2.75, 3.05) is 13.2 Å². The SMILES string of the molecule is CC(C)C1CCC(OCC2C(c3cc[nH]n3)CCCN2C(=O)C2CC2)CC1. The molecule has 2 saturated carbocycles. The average molecular weight is 374 g/mol. The van der Waals surface area contributed by atoms with Gasteiger partial charge in [-0.1, -0.05) is 13.8 Å². The highest BCUT2D eigenvalue weighted by atomic mass is 16.5. The van der Waals surface area contributed by atoms with Gasteiger partial charge in [0.1, 0.15) is 0 Å². The van der Waals surface area contributed by atoms with E-state index in [1.807, 2.05) is 6.20 Å². The van der Waals surface area contributed by atoms with E-state index in [1.165, 1.54) is 25.7 Å². The zero-order chi connectivity index (χ0) is 18.8. The number of likely N-dealkylation sites (tertiary alicyclic amines) is 1. The Bertz CT molecular complexity index is 603. The summed E-state index contributed by atoms with van der Waals surface area (Å²) in [6.07, 6.45) is 11.4. The number of aromatic amines is 1. The second-order valence-corrected chi connectivity index (χ2v) is 9.24. The zero-order valence-corrected chi connectivity index (χ0v) is 16.9. The number of carbonyl (C=O) groups is 1. The number of rotatable bonds is 6. The van der Waals surface area contributed by atoms with Gasteiger partial charge in [-0.15, -0.1) is 0 Å². The Labute approximate surface area is 163 Å². The standard InChI is InChI=1S/C22H35N3O2/c1-15(2)16-7-9-18(10-8-16)27-14-21-19(20-11-12-23-24-20)4-3-13-25(21)22(26)17-5-6-17/h11-12,15-19,21H,3-10,13-14H2,1-2H3,(H,23,24). The van der Waals surface area contributed by atoms with E-state index in [2.05, 4.69) is 35.0 Å². The second kappa shape index (κ2) is 8.34. The molecule has 2 aliphatic carbocycles. The van der Waals surface area contributed by atoms with Gasteiger partial charge in [0.25, 0.3) is 0 Å². The smallest absolute Gasteiger partial charge is 0.226 e. The first kappa shape index (κ1) is 19.0. The van der Waals surface area contributed by atoms with Crippen LogP contribution in [0.4, 0.5) is 0 Å². The lowest BCUT2D eigenvalue weighted by Gasteiger charge is -2.42. The van der Waals surface area contributed by atoms with Crippen molar-refractivity contribution in [3.05, 3.63) is 18.0 Å². The lowest BCUT2D eigenvalue weighted by atomic mass is 9.80. The molecule has 0 bridgehead atoms. The van der Waals surface area contributed by atoms with Crippen LogP contribution in [0.25, 0.3) is 0 Å². The largest absolute Gasteiger partial charge is 0.376 e. The molecule has 2 atom stereocenters. The van der Waals surface area contributed by atoms with Crippen molar-refractivity contribution in [2.24, 2.45) is 17.8 Å². The molecule has 1 aliphatic heterocycles. The van der Waals surface area contributed by atoms with E-state index in [0.717, 1.165) is 49.8 Å². The van der Waals surface area contributed by atoms with Crippen molar-refractivity contribution in [2.45, 2.75) is 83.3 Å². The van der Waals surface area contributed by atoms with Crippen LogP contribution in [0.2, 0.25) is 0 Å². The summed E-state index contributed by atoms with van der Waals surface area (Å²) < 4.78 is 6.43. The molecular weight excluding hydrogens is 338 g/mol. The third-order valence-electron chi connectivity index (χ3n) is 7.06. The normalized spacial score (nSPS) is 32.0. The van der Waals surface area contributed by atoms with Crippen molar-refractivity contribution >= 4 is 5.91 Å². The molecule has 2 unspecified atom stereocenters. The van der Waals surface area contributed by atoms with Crippen LogP contribution < -0.4 is 0 Å². The summed E-state index contributed by atoms with van der Waals surface area (Å²) in [5.74, 6) is 2.54. The first-order chi connectivity index (χ1) is 13.1. The molecule has 5 heteroatoms. The average Bonchev–Trinajstić information content (AvgIpc) is 3.40. The molecule has 3 aliphatic rings. The molecule has 27 heavy (non-hydrogen) atoms. The van der Waals surface area contributed by atoms with Crippen LogP contribution in [0.15, 0.2) is 12.3 Å². The van der Waals surface area contributed by atoms with Crippen LogP contribution in [-0.2, 0) is 9.53 Å². The van der Waals surface area contributed by atoms with Crippen LogP contribution in [0.3, 0.4) is 0 Å². The van der Waals surface area contributed by atoms with Gasteiger partial charge in [0.2, 0.25) is 5.91 Å². The molecule has 150 valence electrons. The Hall–Kier alpha value is -1.36. The molecule has 0 aromatic carbocycles. The van der Waals surface area contributed by atoms with E-state index in [-0.39, 0.29) is 12.0 Å². The van der Waals surface area contributed by atoms with Gasteiger partial charge in [-0.3, -0.25) is 9.89 Å². The summed E-state index contributed by atoms with van der Waals surface area (Å²) in [7, 11) is 0. The molecule has 1 aromatic heterocycles. The van der Waals surface area contributed by atoms with Crippen molar-refractivity contribution in [1.82, 2.24) is 15.1 Å². The minimum absolute atomic E-state index is 0.137. The summed E-state index contributed by atoms with van der Waals surface area (Å²) in [5, 5.41) is 7.40. The van der Waals surface area contributed by atoms with E-state index in [9.17, 15) is 4.79 Å². The highest BCUT2D eigenvalue weighted by molar-refractivity contribution is 5.81. The number of carbonyl (C=O) groups excluding carboxylic acids is 1. The predicted octanol–water partition coefficient (Wildman–Crippen LogP) is 4.13. The second-order valence-electron chi connectivity index (χ2n) is 9.24. The number of aromatic nitrogens is 2. The third kappa shape index (κ3) is 4.39. The van der Waals surface area contributed by atoms with E-state index in [4.69, 9.17) is 4.74 Å². The number of nitrogens with one attached hydrogen (secondary N) is 1. The number of hydrogen-bond acceptors (Lipinski definition) is 3. The number of amides is 1. The van der Waals surface area contributed by atoms with Crippen LogP contribution in [0, 0.1) is 17.8 Å². The predicted molar refractivity (Wildman–Crippen MR) is 105 cm³/mol. The topological polar surface area (TPSA) is 58.2 Å². The number of hydrogen-bond donors (Lipinski definition) is 1. The zero-order valence-electron chi connectivity index (χ0n) is 16.9. The fourth-order valence-electron chi connectivity index (χ4n) is 5.08. The van der Waals surface area contributed by atoms with Gasteiger partial charge in [0.05, 0.1) is 24.4 Å². The first-order valence-corrected chi connectivity index (χ1v) is 11.0. The highest BCUT2D eigenvalue weighted by Gasteiger charge is 2.42. The molecule has 4 rings (SSSR count). The van der Waals surface area contributed by atoms with Crippen molar-refractivity contribution < 1.29 is 9.53 Å². The minimum Gasteiger partial charge on any atom is -0.376 e. The minimum atomic E-state index is 0.137. The maximum Gasteiger partial charge on any atom is 0.226 e. The number of H-pyrrole nitrogens is 1. The van der Waals surface area contributed by atoms with E-state index in [0.29, 0.717) is 24.5 Å². The summed E-state index contributed by atoms with van der Waals surface area (Å²) in [4.78, 5) is 15.0. The molecule has 3 fully saturated rings. The molecule has 0 radical (unpaired) electrons. The fourth-order valence-corrected chi connectivity index (χ4v) is 5.08. The Morgan fingerprint density at radius 1 is 1.22 bits per heavy atom. The van der Waals surface area contributed by atoms with Crippen molar-refractivity contribution in [3.63, 3.8) is 0 Å². The fraction of sp³-hybridized carbons (Fsp3) is 0.818. The van der Waals surface area contributed by atoms with Gasteiger partial charge in [0.15, 0.2) is 0 Å². The third-order valence-corrected chi connectivity index (χ3v) is 7.06. The monoisotopic (exact) mass is 373 g/mol. The summed E-state index contributed by atoms with van der Waals surface area (Å²) in [5.41, 5.74) is 1.08. The summed E-state index contributed by atoms with van der Waals surface area (Å²) in [6.45, 7) is 6.21.